The van der Waals surface area contributed by atoms with Gasteiger partial charge in [-0.25, -0.2) is 4.79 Å². The summed E-state index contributed by atoms with van der Waals surface area (Å²) in [5.74, 6) is -10.6. The predicted molar refractivity (Wildman–Crippen MR) is 150 cm³/mol. The summed E-state index contributed by atoms with van der Waals surface area (Å²) >= 11 is 3.29. The fourth-order valence-corrected chi connectivity index (χ4v) is 6.68. The second-order valence-electron chi connectivity index (χ2n) is 11.1. The van der Waals surface area contributed by atoms with Gasteiger partial charge in [-0.2, -0.15) is 0 Å². The summed E-state index contributed by atoms with van der Waals surface area (Å²) in [5.41, 5.74) is 3.55. The molecule has 220 valence electrons. The van der Waals surface area contributed by atoms with Crippen LogP contribution in [0.4, 0.5) is 10.5 Å². The molecule has 3 aliphatic rings. The maximum Gasteiger partial charge on any atom is 0.412 e. The average Bonchev–Trinajstić information content (AvgIpc) is 2.91. The molecule has 2 saturated carbocycles. The Balaban J connectivity index is 1.47. The number of hydrogen-bond donors (Lipinski definition) is 4. The zero-order valence-corrected chi connectivity index (χ0v) is 24.3. The summed E-state index contributed by atoms with van der Waals surface area (Å²) in [7, 11) is 3.46. The number of nitrogens with one attached hydrogen (secondary N) is 1. The fourth-order valence-electron chi connectivity index (χ4n) is 6.42. The number of Topliss-reactive ketones (excluding diaryl/α,β-unsaturated/α-hetero) is 4. The van der Waals surface area contributed by atoms with Gasteiger partial charge in [0, 0.05) is 48.7 Å². The monoisotopic (exact) mass is 641 g/mol. The lowest BCUT2D eigenvalue weighted by Crippen LogP contribution is -2.68. The molecule has 5 rings (SSSR count). The van der Waals surface area contributed by atoms with Crippen LogP contribution in [0.2, 0.25) is 0 Å². The van der Waals surface area contributed by atoms with Gasteiger partial charge in [-0.3, -0.25) is 24.0 Å². The van der Waals surface area contributed by atoms with E-state index in [0.29, 0.717) is 11.3 Å². The molecule has 2 fully saturated rings. The van der Waals surface area contributed by atoms with Gasteiger partial charge < -0.3 is 30.9 Å². The molecule has 0 heterocycles. The van der Waals surface area contributed by atoms with Crippen molar-refractivity contribution in [1.29, 1.82) is 0 Å². The second-order valence-corrected chi connectivity index (χ2v) is 12.0. The number of ketones is 4. The smallest absolute Gasteiger partial charge is 0.412 e. The van der Waals surface area contributed by atoms with Crippen LogP contribution in [-0.4, -0.2) is 65.0 Å². The number of fused-ring (bicyclic) bond motifs is 3. The first-order valence-electron chi connectivity index (χ1n) is 13.2. The van der Waals surface area contributed by atoms with Gasteiger partial charge in [-0.15, -0.1) is 0 Å². The lowest BCUT2D eigenvalue weighted by molar-refractivity contribution is -0.175. The molecule has 0 saturated heterocycles. The van der Waals surface area contributed by atoms with E-state index in [2.05, 4.69) is 21.2 Å². The zero-order chi connectivity index (χ0) is 30.7. The minimum atomic E-state index is -2.72. The third-order valence-corrected chi connectivity index (χ3v) is 8.92. The Labute approximate surface area is 248 Å². The number of primary amides is 1. The van der Waals surface area contributed by atoms with E-state index in [1.165, 1.54) is 0 Å². The van der Waals surface area contributed by atoms with Crippen LogP contribution in [0.3, 0.4) is 0 Å². The first-order chi connectivity index (χ1) is 19.7. The van der Waals surface area contributed by atoms with Crippen molar-refractivity contribution >= 4 is 56.8 Å². The highest BCUT2D eigenvalue weighted by atomic mass is 79.9. The highest BCUT2D eigenvalue weighted by molar-refractivity contribution is 9.10. The second kappa shape index (κ2) is 10.6. The Morgan fingerprint density at radius 2 is 1.79 bits per heavy atom. The van der Waals surface area contributed by atoms with E-state index in [0.717, 1.165) is 4.47 Å². The number of ether oxygens (including phenoxy) is 1. The number of anilines is 1. The first-order valence-corrected chi connectivity index (χ1v) is 14.0. The number of amides is 2. The van der Waals surface area contributed by atoms with E-state index in [4.69, 9.17) is 10.5 Å². The number of nitrogens with two attached hydrogens (primary N) is 1. The van der Waals surface area contributed by atoms with Gasteiger partial charge in [0.25, 0.3) is 0 Å². The number of phenols is 1. The number of rotatable bonds is 5. The van der Waals surface area contributed by atoms with Crippen molar-refractivity contribution in [1.82, 2.24) is 5.32 Å². The molecule has 0 radical (unpaired) electrons. The molecule has 5 atom stereocenters. The molecular formula is C29H28BrN3O9. The van der Waals surface area contributed by atoms with Gasteiger partial charge in [-0.05, 0) is 54.7 Å². The Hall–Kier alpha value is -4.10. The third kappa shape index (κ3) is 4.66. The number of carbonyl (C=O) groups is 6. The SMILES string of the molecule is CN(C)c1cc(CNC(=O)Oc2ccc(Br)cc2)c(O)c2c1C[C@H]1C[C@H]3CC(=O)C(C(N)=O)C(=O)[C@@]3(O)C(=O)C1C2=O. The van der Waals surface area contributed by atoms with Gasteiger partial charge in [0.2, 0.25) is 5.91 Å². The van der Waals surface area contributed by atoms with E-state index in [1.807, 2.05) is 0 Å². The largest absolute Gasteiger partial charge is 0.507 e. The summed E-state index contributed by atoms with van der Waals surface area (Å²) in [6.07, 6.45) is -1.07. The van der Waals surface area contributed by atoms with Crippen molar-refractivity contribution in [2.45, 2.75) is 31.4 Å². The van der Waals surface area contributed by atoms with Gasteiger partial charge in [0.05, 0.1) is 11.5 Å². The zero-order valence-electron chi connectivity index (χ0n) is 22.7. The molecule has 3 aliphatic carbocycles. The first kappa shape index (κ1) is 29.4. The maximum absolute atomic E-state index is 13.9. The van der Waals surface area contributed by atoms with Gasteiger partial charge in [0.15, 0.2) is 34.7 Å². The van der Waals surface area contributed by atoms with E-state index in [9.17, 15) is 39.0 Å². The van der Waals surface area contributed by atoms with E-state index >= 15 is 0 Å². The minimum Gasteiger partial charge on any atom is -0.507 e. The number of benzene rings is 2. The number of aliphatic hydroxyl groups is 1. The Kier molecular flexibility index (Phi) is 7.44. The van der Waals surface area contributed by atoms with Crippen LogP contribution >= 0.6 is 15.9 Å². The van der Waals surface area contributed by atoms with Crippen LogP contribution in [0, 0.1) is 23.7 Å². The molecule has 42 heavy (non-hydrogen) atoms. The third-order valence-electron chi connectivity index (χ3n) is 8.39. The number of hydrogen-bond acceptors (Lipinski definition) is 10. The molecule has 0 aliphatic heterocycles. The lowest BCUT2D eigenvalue weighted by Gasteiger charge is -2.48. The fraction of sp³-hybridized carbons (Fsp3) is 0.379. The number of nitrogens with zero attached hydrogens (tertiary/aromatic N) is 1. The van der Waals surface area contributed by atoms with Crippen molar-refractivity contribution in [2.24, 2.45) is 29.4 Å². The van der Waals surface area contributed by atoms with Crippen LogP contribution < -0.4 is 20.7 Å². The number of phenolic OH excluding ortho intramolecular Hbond substituents is 1. The van der Waals surface area contributed by atoms with Gasteiger partial charge >= 0.3 is 6.09 Å². The summed E-state index contributed by atoms with van der Waals surface area (Å²) in [4.78, 5) is 79.3. The van der Waals surface area contributed by atoms with Crippen LogP contribution in [0.25, 0.3) is 0 Å². The highest BCUT2D eigenvalue weighted by Crippen LogP contribution is 2.51. The van der Waals surface area contributed by atoms with E-state index in [-0.39, 0.29) is 36.3 Å². The van der Waals surface area contributed by atoms with Crippen molar-refractivity contribution in [3.8, 4) is 11.5 Å². The van der Waals surface area contributed by atoms with Crippen LogP contribution in [-0.2, 0) is 32.1 Å². The number of carbonyl (C=O) groups excluding carboxylic acids is 6. The van der Waals surface area contributed by atoms with Gasteiger partial charge in [-0.1, -0.05) is 15.9 Å². The molecule has 2 aromatic carbocycles. The normalized spacial score (nSPS) is 26.6. The maximum atomic E-state index is 13.9. The summed E-state index contributed by atoms with van der Waals surface area (Å²) < 4.78 is 6.04. The van der Waals surface area contributed by atoms with Crippen molar-refractivity contribution in [3.63, 3.8) is 0 Å². The standard InChI is InChI=1S/C29H28BrN3O9/c1-33(2)18-9-13(11-32-28(40)42-16-5-3-15(30)4-6-16)23(35)21-17(18)8-12-7-14-10-19(34)22(27(31)39)26(38)29(14,41)25(37)20(12)24(21)36/h3-6,9,12,14,20,22,35,41H,7-8,10-11H2,1-2H3,(H2,31,39)(H,32,40)/t12-,14+,20?,22?,29+/m1/s1. The van der Waals surface area contributed by atoms with E-state index < -0.39 is 76.6 Å². The molecule has 13 heteroatoms. The molecule has 12 nitrogen and oxygen atoms in total. The molecule has 2 amide bonds. The molecule has 0 bridgehead atoms. The molecular weight excluding hydrogens is 614 g/mol. The lowest BCUT2D eigenvalue weighted by atomic mass is 9.53. The van der Waals surface area contributed by atoms with Crippen LogP contribution in [0.5, 0.6) is 11.5 Å². The van der Waals surface area contributed by atoms with Crippen LogP contribution in [0.15, 0.2) is 34.8 Å². The predicted octanol–water partition coefficient (Wildman–Crippen LogP) is 1.44. The Morgan fingerprint density at radius 3 is 2.40 bits per heavy atom. The minimum absolute atomic E-state index is 0.000115. The quantitative estimate of drug-likeness (QED) is 0.347. The average molecular weight is 642 g/mol. The summed E-state index contributed by atoms with van der Waals surface area (Å²) in [6, 6.07) is 8.17. The topological polar surface area (TPSA) is 193 Å². The molecule has 5 N–H and O–H groups in total. The van der Waals surface area contributed by atoms with Crippen molar-refractivity contribution in [3.05, 3.63) is 51.5 Å². The Bertz CT molecular complexity index is 1550. The molecule has 0 aromatic heterocycles. The Morgan fingerprint density at radius 1 is 1.12 bits per heavy atom. The number of halogens is 1. The molecule has 2 aromatic rings. The van der Waals surface area contributed by atoms with Crippen LogP contribution in [0.1, 0.15) is 34.3 Å². The number of aromatic hydroxyl groups is 1. The van der Waals surface area contributed by atoms with Gasteiger partial charge in [0.1, 0.15) is 11.5 Å². The summed E-state index contributed by atoms with van der Waals surface area (Å²) in [6.45, 7) is -0.225. The highest BCUT2D eigenvalue weighted by Gasteiger charge is 2.66. The molecule has 0 spiro atoms. The molecule has 2 unspecified atom stereocenters. The van der Waals surface area contributed by atoms with Crippen molar-refractivity contribution < 1.29 is 43.7 Å². The summed E-state index contributed by atoms with van der Waals surface area (Å²) in [5, 5.41) is 25.1. The van der Waals surface area contributed by atoms with E-state index in [1.54, 1.807) is 49.3 Å². The van der Waals surface area contributed by atoms with Crippen molar-refractivity contribution in [2.75, 3.05) is 19.0 Å².